The third-order valence-corrected chi connectivity index (χ3v) is 6.02. The van der Waals surface area contributed by atoms with Crippen LogP contribution in [0.3, 0.4) is 0 Å². The second kappa shape index (κ2) is 10.3. The van der Waals surface area contributed by atoms with Crippen LogP contribution < -0.4 is 10.6 Å². The van der Waals surface area contributed by atoms with Crippen molar-refractivity contribution in [3.8, 4) is 6.07 Å². The lowest BCUT2D eigenvalue weighted by atomic mass is 10.0. The highest BCUT2D eigenvalue weighted by Gasteiger charge is 2.23. The van der Waals surface area contributed by atoms with Crippen LogP contribution in [0.4, 0.5) is 10.1 Å². The van der Waals surface area contributed by atoms with Crippen molar-refractivity contribution in [2.45, 2.75) is 17.4 Å². The third kappa shape index (κ3) is 6.38. The molecule has 0 aromatic heterocycles. The Morgan fingerprint density at radius 1 is 1.03 bits per heavy atom. The summed E-state index contributed by atoms with van der Waals surface area (Å²) in [4.78, 5) is 25.3. The first-order valence-corrected chi connectivity index (χ1v) is 11.9. The summed E-state index contributed by atoms with van der Waals surface area (Å²) in [6, 6.07) is 18.1. The first-order chi connectivity index (χ1) is 15.7. The number of carbonyl (C=O) groups excluding carboxylic acids is 2. The molecule has 3 aromatic rings. The lowest BCUT2D eigenvalue weighted by Gasteiger charge is -2.19. The van der Waals surface area contributed by atoms with Gasteiger partial charge in [0.2, 0.25) is 5.91 Å². The number of halogens is 2. The maximum atomic E-state index is 13.2. The van der Waals surface area contributed by atoms with Gasteiger partial charge in [-0.2, -0.15) is 5.26 Å². The van der Waals surface area contributed by atoms with Crippen molar-refractivity contribution >= 4 is 37.2 Å². The Labute approximate surface area is 194 Å². The molecule has 1 atom stereocenters. The highest BCUT2D eigenvalue weighted by Crippen LogP contribution is 2.23. The van der Waals surface area contributed by atoms with Gasteiger partial charge in [-0.1, -0.05) is 30.3 Å². The molecule has 33 heavy (non-hydrogen) atoms. The molecular formula is C23H17ClFN3O4S. The van der Waals surface area contributed by atoms with E-state index in [1.807, 2.05) is 6.07 Å². The van der Waals surface area contributed by atoms with Crippen LogP contribution in [-0.4, -0.2) is 26.3 Å². The number of carbonyl (C=O) groups is 2. The van der Waals surface area contributed by atoms with E-state index in [-0.39, 0.29) is 28.1 Å². The molecule has 0 aliphatic heterocycles. The second-order valence-electron chi connectivity index (χ2n) is 6.97. The van der Waals surface area contributed by atoms with Crippen molar-refractivity contribution in [1.29, 1.82) is 5.26 Å². The molecule has 0 heterocycles. The van der Waals surface area contributed by atoms with Gasteiger partial charge in [0.25, 0.3) is 15.0 Å². The molecule has 3 rings (SSSR count). The zero-order valence-electron chi connectivity index (χ0n) is 17.0. The minimum atomic E-state index is -4.14. The van der Waals surface area contributed by atoms with E-state index >= 15 is 0 Å². The van der Waals surface area contributed by atoms with Crippen molar-refractivity contribution in [3.63, 3.8) is 0 Å². The first-order valence-electron chi connectivity index (χ1n) is 9.57. The molecular weight excluding hydrogens is 469 g/mol. The number of rotatable bonds is 7. The quantitative estimate of drug-likeness (QED) is 0.496. The number of nitrogens with zero attached hydrogens (tertiary/aromatic N) is 1. The Morgan fingerprint density at radius 2 is 1.70 bits per heavy atom. The molecule has 0 saturated carbocycles. The van der Waals surface area contributed by atoms with Gasteiger partial charge in [0, 0.05) is 28.4 Å². The zero-order chi connectivity index (χ0) is 24.0. The van der Waals surface area contributed by atoms with Crippen molar-refractivity contribution in [3.05, 3.63) is 95.3 Å². The summed E-state index contributed by atoms with van der Waals surface area (Å²) in [5, 5.41) is 14.4. The summed E-state index contributed by atoms with van der Waals surface area (Å²) in [5.74, 6) is -1.67. The van der Waals surface area contributed by atoms with Gasteiger partial charge >= 0.3 is 0 Å². The highest BCUT2D eigenvalue weighted by molar-refractivity contribution is 8.13. The fraction of sp³-hybridized carbons (Fsp3) is 0.0870. The first kappa shape index (κ1) is 23.9. The Kier molecular flexibility index (Phi) is 7.43. The molecule has 3 aromatic carbocycles. The van der Waals surface area contributed by atoms with Crippen LogP contribution in [0.25, 0.3) is 0 Å². The van der Waals surface area contributed by atoms with E-state index in [0.717, 1.165) is 23.8 Å². The molecule has 168 valence electrons. The summed E-state index contributed by atoms with van der Waals surface area (Å²) in [5.41, 5.74) is 0.858. The van der Waals surface area contributed by atoms with Gasteiger partial charge in [0.1, 0.15) is 22.8 Å². The van der Waals surface area contributed by atoms with Gasteiger partial charge in [0.05, 0.1) is 5.56 Å². The predicted octanol–water partition coefficient (Wildman–Crippen LogP) is 3.60. The normalized spacial score (nSPS) is 11.8. The number of benzene rings is 3. The van der Waals surface area contributed by atoms with Crippen LogP contribution in [0.15, 0.2) is 77.7 Å². The lowest BCUT2D eigenvalue weighted by molar-refractivity contribution is -0.118. The number of nitrogens with one attached hydrogen (secondary N) is 2. The van der Waals surface area contributed by atoms with Crippen LogP contribution in [-0.2, 0) is 20.3 Å². The molecule has 1 unspecified atom stereocenters. The van der Waals surface area contributed by atoms with Crippen LogP contribution >= 0.6 is 10.7 Å². The minimum Gasteiger partial charge on any atom is -0.340 e. The molecule has 0 aliphatic rings. The van der Waals surface area contributed by atoms with Crippen LogP contribution in [0.1, 0.15) is 21.5 Å². The molecule has 0 saturated heterocycles. The average molecular weight is 486 g/mol. The van der Waals surface area contributed by atoms with Gasteiger partial charge in [0.15, 0.2) is 0 Å². The van der Waals surface area contributed by atoms with Gasteiger partial charge in [-0.15, -0.1) is 0 Å². The van der Waals surface area contributed by atoms with E-state index in [1.54, 1.807) is 30.3 Å². The van der Waals surface area contributed by atoms with E-state index in [4.69, 9.17) is 10.7 Å². The van der Waals surface area contributed by atoms with E-state index in [0.29, 0.717) is 0 Å². The van der Waals surface area contributed by atoms with E-state index in [9.17, 15) is 27.7 Å². The van der Waals surface area contributed by atoms with E-state index in [1.165, 1.54) is 24.3 Å². The summed E-state index contributed by atoms with van der Waals surface area (Å²) >= 11 is 0. The monoisotopic (exact) mass is 485 g/mol. The van der Waals surface area contributed by atoms with Crippen LogP contribution in [0, 0.1) is 17.1 Å². The molecule has 0 fully saturated rings. The third-order valence-electron chi connectivity index (χ3n) is 4.64. The molecule has 2 amide bonds. The Balaban J connectivity index is 1.85. The number of hydrogen-bond donors (Lipinski definition) is 2. The summed E-state index contributed by atoms with van der Waals surface area (Å²) in [6.07, 6.45) is 0.152. The number of nitriles is 1. The van der Waals surface area contributed by atoms with Crippen molar-refractivity contribution in [2.75, 3.05) is 5.32 Å². The second-order valence-corrected chi connectivity index (χ2v) is 9.51. The van der Waals surface area contributed by atoms with Gasteiger partial charge in [-0.25, -0.2) is 12.8 Å². The van der Waals surface area contributed by atoms with Gasteiger partial charge < -0.3 is 10.6 Å². The summed E-state index contributed by atoms with van der Waals surface area (Å²) in [6.45, 7) is 0. The molecule has 0 radical (unpaired) electrons. The smallest absolute Gasteiger partial charge is 0.262 e. The largest absolute Gasteiger partial charge is 0.340 e. The maximum Gasteiger partial charge on any atom is 0.262 e. The van der Waals surface area contributed by atoms with Crippen molar-refractivity contribution in [1.82, 2.24) is 5.32 Å². The van der Waals surface area contributed by atoms with E-state index < -0.39 is 32.7 Å². The molecule has 2 N–H and O–H groups in total. The predicted molar refractivity (Wildman–Crippen MR) is 121 cm³/mol. The number of amides is 2. The Morgan fingerprint density at radius 3 is 2.30 bits per heavy atom. The highest BCUT2D eigenvalue weighted by atomic mass is 35.7. The number of hydrogen-bond acceptors (Lipinski definition) is 5. The van der Waals surface area contributed by atoms with Gasteiger partial charge in [-0.3, -0.25) is 9.59 Å². The SMILES string of the molecule is N#Cc1cc(NC(=O)C(Cc2ccccc2)NC(=O)c2ccc(F)cc2)ccc1S(=O)(=O)Cl. The fourth-order valence-electron chi connectivity index (χ4n) is 3.04. The topological polar surface area (TPSA) is 116 Å². The fourth-order valence-corrected chi connectivity index (χ4v) is 4.04. The molecule has 7 nitrogen and oxygen atoms in total. The minimum absolute atomic E-state index is 0.148. The number of anilines is 1. The van der Waals surface area contributed by atoms with Crippen molar-refractivity contribution < 1.29 is 22.4 Å². The van der Waals surface area contributed by atoms with E-state index in [2.05, 4.69) is 10.6 Å². The molecule has 0 spiro atoms. The summed E-state index contributed by atoms with van der Waals surface area (Å²) < 4.78 is 36.4. The van der Waals surface area contributed by atoms with Crippen LogP contribution in [0.5, 0.6) is 0 Å². The van der Waals surface area contributed by atoms with Crippen LogP contribution in [0.2, 0.25) is 0 Å². The molecule has 10 heteroatoms. The average Bonchev–Trinajstić information content (AvgIpc) is 2.78. The maximum absolute atomic E-state index is 13.2. The standard InChI is InChI=1S/C23H17ClFN3O4S/c24-33(31,32)21-11-10-19(13-17(21)14-26)27-23(30)20(12-15-4-2-1-3-5-15)28-22(29)16-6-8-18(25)9-7-16/h1-11,13,20H,12H2,(H,27,30)(H,28,29). The zero-order valence-corrected chi connectivity index (χ0v) is 18.5. The van der Waals surface area contributed by atoms with Crippen molar-refractivity contribution in [2.24, 2.45) is 0 Å². The molecule has 0 aliphatic carbocycles. The Hall–Kier alpha value is -3.74. The lowest BCUT2D eigenvalue weighted by Crippen LogP contribution is -2.45. The molecule has 0 bridgehead atoms. The summed E-state index contributed by atoms with van der Waals surface area (Å²) in [7, 11) is 1.19. The van der Waals surface area contributed by atoms with Gasteiger partial charge in [-0.05, 0) is 48.0 Å². The Bertz CT molecular complexity index is 1320.